The summed E-state index contributed by atoms with van der Waals surface area (Å²) >= 11 is 0. The van der Waals surface area contributed by atoms with Crippen LogP contribution in [0.5, 0.6) is 0 Å². The largest absolute Gasteiger partial charge is 0.480 e. The highest BCUT2D eigenvalue weighted by Gasteiger charge is 2.12. The predicted molar refractivity (Wildman–Crippen MR) is 61.5 cm³/mol. The van der Waals surface area contributed by atoms with Crippen LogP contribution >= 0.6 is 0 Å². The van der Waals surface area contributed by atoms with Crippen LogP contribution < -0.4 is 10.6 Å². The summed E-state index contributed by atoms with van der Waals surface area (Å²) in [6.07, 6.45) is 0. The van der Waals surface area contributed by atoms with Crippen LogP contribution in [0.25, 0.3) is 0 Å². The maximum absolute atomic E-state index is 11.3. The van der Waals surface area contributed by atoms with E-state index in [1.807, 2.05) is 13.8 Å². The van der Waals surface area contributed by atoms with Gasteiger partial charge in [-0.25, -0.2) is 4.79 Å². The van der Waals surface area contributed by atoms with Crippen molar-refractivity contribution in [2.24, 2.45) is 5.92 Å². The number of urea groups is 1. The van der Waals surface area contributed by atoms with Crippen LogP contribution in [-0.2, 0) is 9.59 Å². The van der Waals surface area contributed by atoms with Gasteiger partial charge < -0.3 is 10.4 Å². The van der Waals surface area contributed by atoms with E-state index in [0.717, 1.165) is 0 Å². The van der Waals surface area contributed by atoms with E-state index in [2.05, 4.69) is 10.6 Å². The highest BCUT2D eigenvalue weighted by molar-refractivity contribution is 5.95. The molecule has 0 atom stereocenters. The second-order valence-corrected chi connectivity index (χ2v) is 4.22. The van der Waals surface area contributed by atoms with Crippen molar-refractivity contribution in [2.45, 2.75) is 13.8 Å². The summed E-state index contributed by atoms with van der Waals surface area (Å²) in [5.41, 5.74) is 0. The molecule has 3 N–H and O–H groups in total. The molecule has 0 aromatic heterocycles. The number of carbonyl (C=O) groups excluding carboxylic acids is 2. The minimum Gasteiger partial charge on any atom is -0.480 e. The van der Waals surface area contributed by atoms with Crippen molar-refractivity contribution >= 4 is 17.9 Å². The zero-order valence-corrected chi connectivity index (χ0v) is 10.3. The van der Waals surface area contributed by atoms with Crippen molar-refractivity contribution in [3.8, 4) is 0 Å². The van der Waals surface area contributed by atoms with Crippen LogP contribution in [0.2, 0.25) is 0 Å². The van der Waals surface area contributed by atoms with E-state index < -0.39 is 17.9 Å². The van der Waals surface area contributed by atoms with Gasteiger partial charge >= 0.3 is 12.0 Å². The molecule has 0 saturated heterocycles. The molecule has 0 heterocycles. The monoisotopic (exact) mass is 245 g/mol. The van der Waals surface area contributed by atoms with E-state index >= 15 is 0 Å². The fourth-order valence-corrected chi connectivity index (χ4v) is 1.04. The van der Waals surface area contributed by atoms with Gasteiger partial charge in [-0.15, -0.1) is 0 Å². The van der Waals surface area contributed by atoms with Gasteiger partial charge in [-0.1, -0.05) is 13.8 Å². The van der Waals surface area contributed by atoms with Crippen molar-refractivity contribution in [1.29, 1.82) is 0 Å². The first kappa shape index (κ1) is 15.4. The number of carbonyl (C=O) groups is 3. The number of likely N-dealkylation sites (N-methyl/N-ethyl adjacent to an activating group) is 1. The lowest BCUT2D eigenvalue weighted by Crippen LogP contribution is -2.45. The maximum Gasteiger partial charge on any atom is 0.321 e. The van der Waals surface area contributed by atoms with Crippen molar-refractivity contribution in [3.05, 3.63) is 0 Å². The molecule has 0 aliphatic carbocycles. The van der Waals surface area contributed by atoms with Crippen LogP contribution in [-0.4, -0.2) is 54.6 Å². The normalized spacial score (nSPS) is 10.4. The van der Waals surface area contributed by atoms with Gasteiger partial charge in [0.15, 0.2) is 0 Å². The predicted octanol–water partition coefficient (Wildman–Crippen LogP) is -0.515. The highest BCUT2D eigenvalue weighted by Crippen LogP contribution is 1.87. The van der Waals surface area contributed by atoms with Gasteiger partial charge in [0.2, 0.25) is 5.91 Å². The summed E-state index contributed by atoms with van der Waals surface area (Å²) in [7, 11) is 1.49. The van der Waals surface area contributed by atoms with Crippen molar-refractivity contribution in [3.63, 3.8) is 0 Å². The number of nitrogens with zero attached hydrogens (tertiary/aromatic N) is 1. The fourth-order valence-electron chi connectivity index (χ4n) is 1.04. The fraction of sp³-hybridized carbons (Fsp3) is 0.700. The molecule has 0 bridgehead atoms. The first-order chi connectivity index (χ1) is 7.81. The molecule has 0 saturated carbocycles. The van der Waals surface area contributed by atoms with E-state index in [0.29, 0.717) is 12.5 Å². The number of hydrogen-bond acceptors (Lipinski definition) is 4. The quantitative estimate of drug-likeness (QED) is 0.585. The third-order valence-electron chi connectivity index (χ3n) is 1.74. The molecule has 7 heteroatoms. The molecule has 0 aromatic carbocycles. The van der Waals surface area contributed by atoms with Crippen molar-refractivity contribution in [2.75, 3.05) is 26.7 Å². The summed E-state index contributed by atoms with van der Waals surface area (Å²) in [6.45, 7) is 3.96. The number of rotatable bonds is 6. The Kier molecular flexibility index (Phi) is 6.88. The average molecular weight is 245 g/mol. The molecule has 0 aliphatic heterocycles. The molecule has 0 aliphatic rings. The lowest BCUT2D eigenvalue weighted by atomic mass is 10.2. The zero-order chi connectivity index (χ0) is 13.4. The van der Waals surface area contributed by atoms with Gasteiger partial charge in [0, 0.05) is 6.54 Å². The van der Waals surface area contributed by atoms with Gasteiger partial charge in [0.25, 0.3) is 0 Å². The Morgan fingerprint density at radius 3 is 2.29 bits per heavy atom. The number of nitrogens with one attached hydrogen (secondary N) is 2. The first-order valence-electron chi connectivity index (χ1n) is 5.29. The van der Waals surface area contributed by atoms with Crippen LogP contribution in [0, 0.1) is 5.92 Å². The molecule has 17 heavy (non-hydrogen) atoms. The molecule has 7 nitrogen and oxygen atoms in total. The van der Waals surface area contributed by atoms with Crippen molar-refractivity contribution in [1.82, 2.24) is 15.5 Å². The number of aliphatic carboxylic acids is 1. The Labute approximate surface area is 100 Å². The molecule has 0 unspecified atom stereocenters. The minimum atomic E-state index is -1.02. The highest BCUT2D eigenvalue weighted by atomic mass is 16.4. The smallest absolute Gasteiger partial charge is 0.321 e. The van der Waals surface area contributed by atoms with Crippen LogP contribution in [0.4, 0.5) is 4.79 Å². The maximum atomic E-state index is 11.3. The van der Waals surface area contributed by atoms with Crippen LogP contribution in [0.1, 0.15) is 13.8 Å². The Balaban J connectivity index is 3.85. The van der Waals surface area contributed by atoms with Gasteiger partial charge in [-0.3, -0.25) is 19.8 Å². The number of carboxylic acids is 1. The van der Waals surface area contributed by atoms with E-state index in [-0.39, 0.29) is 13.1 Å². The third-order valence-corrected chi connectivity index (χ3v) is 1.74. The van der Waals surface area contributed by atoms with E-state index in [4.69, 9.17) is 5.11 Å². The molecule has 3 amide bonds. The Bertz CT molecular complexity index is 291. The second-order valence-electron chi connectivity index (χ2n) is 4.22. The summed E-state index contributed by atoms with van der Waals surface area (Å²) in [6, 6.07) is -0.563. The van der Waals surface area contributed by atoms with Crippen molar-refractivity contribution < 1.29 is 19.5 Å². The Hall–Kier alpha value is -1.63. The Morgan fingerprint density at radius 1 is 1.24 bits per heavy atom. The van der Waals surface area contributed by atoms with Crippen LogP contribution in [0.3, 0.4) is 0 Å². The summed E-state index contributed by atoms with van der Waals surface area (Å²) < 4.78 is 0. The topological polar surface area (TPSA) is 98.7 Å². The SMILES string of the molecule is CC(C)CNC(=O)NC(=O)CN(C)CC(=O)O. The van der Waals surface area contributed by atoms with Gasteiger partial charge in [-0.2, -0.15) is 0 Å². The summed E-state index contributed by atoms with van der Waals surface area (Å²) in [4.78, 5) is 34.1. The van der Waals surface area contributed by atoms with Crippen LogP contribution in [0.15, 0.2) is 0 Å². The molecular weight excluding hydrogens is 226 g/mol. The van der Waals surface area contributed by atoms with Gasteiger partial charge in [-0.05, 0) is 13.0 Å². The van der Waals surface area contributed by atoms with E-state index in [1.54, 1.807) is 0 Å². The lowest BCUT2D eigenvalue weighted by molar-refractivity contribution is -0.138. The number of carboxylic acid groups (broad SMARTS) is 1. The lowest BCUT2D eigenvalue weighted by Gasteiger charge is -2.13. The second kappa shape index (κ2) is 7.61. The molecule has 0 rings (SSSR count). The minimum absolute atomic E-state index is 0.138. The first-order valence-corrected chi connectivity index (χ1v) is 5.29. The molecular formula is C10H19N3O4. The zero-order valence-electron chi connectivity index (χ0n) is 10.3. The number of hydrogen-bond donors (Lipinski definition) is 3. The molecule has 98 valence electrons. The molecule has 0 radical (unpaired) electrons. The third kappa shape index (κ3) is 9.31. The Morgan fingerprint density at radius 2 is 1.82 bits per heavy atom. The average Bonchev–Trinajstić information content (AvgIpc) is 2.12. The molecule has 0 aromatic rings. The van der Waals surface area contributed by atoms with E-state index in [1.165, 1.54) is 11.9 Å². The summed E-state index contributed by atoms with van der Waals surface area (Å²) in [5.74, 6) is -1.26. The van der Waals surface area contributed by atoms with Gasteiger partial charge in [0.05, 0.1) is 13.1 Å². The molecule has 0 fully saturated rings. The van der Waals surface area contributed by atoms with Gasteiger partial charge in [0.1, 0.15) is 0 Å². The standard InChI is InChI=1S/C10H19N3O4/c1-7(2)4-11-10(17)12-8(14)5-13(3)6-9(15)16/h7H,4-6H2,1-3H3,(H,15,16)(H2,11,12,14,17). The van der Waals surface area contributed by atoms with E-state index in [9.17, 15) is 14.4 Å². The number of amides is 3. The summed E-state index contributed by atoms with van der Waals surface area (Å²) in [5, 5.41) is 13.1. The number of imide groups is 1. The molecule has 0 spiro atoms.